The Bertz CT molecular complexity index is 651. The van der Waals surface area contributed by atoms with E-state index in [2.05, 4.69) is 0 Å². The van der Waals surface area contributed by atoms with E-state index in [1.165, 1.54) is 26.4 Å². The van der Waals surface area contributed by atoms with E-state index < -0.39 is 15.0 Å². The molecule has 1 saturated carbocycles. The number of carbonyl (C=O) groups is 1. The predicted molar refractivity (Wildman–Crippen MR) is 75.6 cm³/mol. The molecule has 2 rings (SSSR count). The zero-order valence-corrected chi connectivity index (χ0v) is 13.2. The van der Waals surface area contributed by atoms with Crippen LogP contribution in [0, 0.1) is 5.92 Å². The number of hydrogen-bond acceptors (Lipinski definition) is 6. The second-order valence-corrected chi connectivity index (χ2v) is 7.19. The molecule has 0 spiro atoms. The third-order valence-corrected chi connectivity index (χ3v) is 4.47. The van der Waals surface area contributed by atoms with Gasteiger partial charge < -0.3 is 14.2 Å². The Kier molecular flexibility index (Phi) is 4.63. The van der Waals surface area contributed by atoms with Crippen LogP contribution in [-0.4, -0.2) is 35.2 Å². The van der Waals surface area contributed by atoms with Crippen molar-refractivity contribution in [1.29, 1.82) is 0 Å². The van der Waals surface area contributed by atoms with E-state index in [4.69, 9.17) is 24.9 Å². The molecule has 0 saturated heterocycles. The SMILES string of the molecule is COc1ccc(S(=O)(=O)Cl)c(OC)c1C(=O)OCC1CC1. The van der Waals surface area contributed by atoms with Crippen LogP contribution in [0.2, 0.25) is 0 Å². The Hall–Kier alpha value is -1.47. The molecule has 0 aliphatic heterocycles. The molecule has 0 aromatic heterocycles. The molecular formula is C13H15ClO6S. The molecule has 0 unspecified atom stereocenters. The fraction of sp³-hybridized carbons (Fsp3) is 0.462. The van der Waals surface area contributed by atoms with Gasteiger partial charge in [-0.1, -0.05) is 0 Å². The maximum atomic E-state index is 12.2. The Labute approximate surface area is 127 Å². The number of esters is 1. The van der Waals surface area contributed by atoms with E-state index >= 15 is 0 Å². The summed E-state index contributed by atoms with van der Waals surface area (Å²) in [5, 5.41) is 0. The highest BCUT2D eigenvalue weighted by Gasteiger charge is 2.29. The lowest BCUT2D eigenvalue weighted by Gasteiger charge is -2.14. The first-order chi connectivity index (χ1) is 9.88. The summed E-state index contributed by atoms with van der Waals surface area (Å²) in [6, 6.07) is 2.56. The van der Waals surface area contributed by atoms with Gasteiger partial charge in [0.15, 0.2) is 5.75 Å². The van der Waals surface area contributed by atoms with Crippen LogP contribution >= 0.6 is 10.7 Å². The van der Waals surface area contributed by atoms with E-state index in [1.807, 2.05) is 0 Å². The largest absolute Gasteiger partial charge is 0.496 e. The van der Waals surface area contributed by atoms with Crippen LogP contribution in [0.1, 0.15) is 23.2 Å². The molecule has 1 aliphatic rings. The van der Waals surface area contributed by atoms with E-state index in [-0.39, 0.29) is 22.0 Å². The highest BCUT2D eigenvalue weighted by molar-refractivity contribution is 8.13. The summed E-state index contributed by atoms with van der Waals surface area (Å²) in [7, 11) is 3.90. The topological polar surface area (TPSA) is 78.9 Å². The Balaban J connectivity index is 2.46. The summed E-state index contributed by atoms with van der Waals surface area (Å²) >= 11 is 0. The van der Waals surface area contributed by atoms with Crippen LogP contribution < -0.4 is 9.47 Å². The number of rotatable bonds is 6. The van der Waals surface area contributed by atoms with E-state index in [0.29, 0.717) is 12.5 Å². The molecule has 0 heterocycles. The average molecular weight is 335 g/mol. The van der Waals surface area contributed by atoms with E-state index in [9.17, 15) is 13.2 Å². The lowest BCUT2D eigenvalue weighted by Crippen LogP contribution is -2.12. The van der Waals surface area contributed by atoms with Crippen LogP contribution in [-0.2, 0) is 13.8 Å². The molecule has 1 fully saturated rings. The average Bonchev–Trinajstić information content (AvgIpc) is 3.26. The highest BCUT2D eigenvalue weighted by atomic mass is 35.7. The van der Waals surface area contributed by atoms with Crippen molar-refractivity contribution >= 4 is 25.7 Å². The number of methoxy groups -OCH3 is 2. The van der Waals surface area contributed by atoms with Crippen LogP contribution in [0.5, 0.6) is 11.5 Å². The summed E-state index contributed by atoms with van der Waals surface area (Å²) in [6.45, 7) is 0.295. The minimum Gasteiger partial charge on any atom is -0.496 e. The van der Waals surface area contributed by atoms with Crippen LogP contribution in [0.15, 0.2) is 17.0 Å². The molecule has 1 aromatic rings. The van der Waals surface area contributed by atoms with Gasteiger partial charge in [-0.2, -0.15) is 0 Å². The van der Waals surface area contributed by atoms with Gasteiger partial charge in [0.25, 0.3) is 9.05 Å². The minimum absolute atomic E-state index is 0.0811. The monoisotopic (exact) mass is 334 g/mol. The van der Waals surface area contributed by atoms with Gasteiger partial charge in [-0.25, -0.2) is 13.2 Å². The second-order valence-electron chi connectivity index (χ2n) is 4.65. The number of hydrogen-bond donors (Lipinski definition) is 0. The lowest BCUT2D eigenvalue weighted by atomic mass is 10.1. The first-order valence-electron chi connectivity index (χ1n) is 6.25. The van der Waals surface area contributed by atoms with Crippen molar-refractivity contribution < 1.29 is 27.4 Å². The van der Waals surface area contributed by atoms with Gasteiger partial charge in [0.2, 0.25) is 0 Å². The smallest absolute Gasteiger partial charge is 0.345 e. The van der Waals surface area contributed by atoms with Gasteiger partial charge in [-0.15, -0.1) is 0 Å². The van der Waals surface area contributed by atoms with Gasteiger partial charge in [0.05, 0.1) is 20.8 Å². The van der Waals surface area contributed by atoms with Gasteiger partial charge in [-0.05, 0) is 30.9 Å². The molecule has 0 N–H and O–H groups in total. The zero-order chi connectivity index (χ0) is 15.6. The molecule has 21 heavy (non-hydrogen) atoms. The molecular weight excluding hydrogens is 320 g/mol. The summed E-state index contributed by atoms with van der Waals surface area (Å²) in [6.07, 6.45) is 2.05. The van der Waals surface area contributed by atoms with Crippen LogP contribution in [0.25, 0.3) is 0 Å². The van der Waals surface area contributed by atoms with Gasteiger partial charge in [0, 0.05) is 10.7 Å². The van der Waals surface area contributed by atoms with E-state index in [0.717, 1.165) is 12.8 Å². The van der Waals surface area contributed by atoms with Crippen molar-refractivity contribution in [2.75, 3.05) is 20.8 Å². The maximum Gasteiger partial charge on any atom is 0.345 e. The summed E-state index contributed by atoms with van der Waals surface area (Å²) in [4.78, 5) is 11.9. The molecule has 1 aliphatic carbocycles. The number of carbonyl (C=O) groups excluding carboxylic acids is 1. The number of ether oxygens (including phenoxy) is 3. The molecule has 1 aromatic carbocycles. The highest BCUT2D eigenvalue weighted by Crippen LogP contribution is 2.37. The molecule has 0 amide bonds. The van der Waals surface area contributed by atoms with E-state index in [1.54, 1.807) is 0 Å². The van der Waals surface area contributed by atoms with Gasteiger partial charge in [0.1, 0.15) is 16.2 Å². The fourth-order valence-corrected chi connectivity index (χ4v) is 2.86. The molecule has 0 bridgehead atoms. The Morgan fingerprint density at radius 1 is 1.29 bits per heavy atom. The first kappa shape index (κ1) is 15.9. The van der Waals surface area contributed by atoms with Gasteiger partial charge in [-0.3, -0.25) is 0 Å². The normalized spacial score (nSPS) is 14.6. The van der Waals surface area contributed by atoms with Crippen molar-refractivity contribution in [2.45, 2.75) is 17.7 Å². The number of benzene rings is 1. The maximum absolute atomic E-state index is 12.2. The van der Waals surface area contributed by atoms with Crippen LogP contribution in [0.3, 0.4) is 0 Å². The zero-order valence-electron chi connectivity index (χ0n) is 11.6. The molecule has 116 valence electrons. The quantitative estimate of drug-likeness (QED) is 0.586. The Morgan fingerprint density at radius 2 is 1.95 bits per heavy atom. The van der Waals surface area contributed by atoms with Crippen LogP contribution in [0.4, 0.5) is 0 Å². The second kappa shape index (κ2) is 6.11. The third-order valence-electron chi connectivity index (χ3n) is 3.12. The predicted octanol–water partition coefficient (Wildman–Crippen LogP) is 2.20. The molecule has 0 radical (unpaired) electrons. The third kappa shape index (κ3) is 3.59. The summed E-state index contributed by atoms with van der Waals surface area (Å²) in [5.74, 6) is -0.328. The molecule has 0 atom stereocenters. The van der Waals surface area contributed by atoms with Crippen molar-refractivity contribution in [3.05, 3.63) is 17.7 Å². The van der Waals surface area contributed by atoms with Gasteiger partial charge >= 0.3 is 5.97 Å². The van der Waals surface area contributed by atoms with Crippen molar-refractivity contribution in [3.63, 3.8) is 0 Å². The Morgan fingerprint density at radius 3 is 2.43 bits per heavy atom. The molecule has 8 heteroatoms. The van der Waals surface area contributed by atoms with Crippen molar-refractivity contribution in [2.24, 2.45) is 5.92 Å². The standard InChI is InChI=1S/C13H15ClO6S/c1-18-9-5-6-10(21(14,16)17)12(19-2)11(9)13(15)20-7-8-3-4-8/h5-6,8H,3-4,7H2,1-2H3. The minimum atomic E-state index is -4.06. The lowest BCUT2D eigenvalue weighted by molar-refractivity contribution is 0.0478. The summed E-state index contributed by atoms with van der Waals surface area (Å²) in [5.41, 5.74) is -0.0811. The summed E-state index contributed by atoms with van der Waals surface area (Å²) < 4.78 is 38.4. The molecule has 6 nitrogen and oxygen atoms in total. The first-order valence-corrected chi connectivity index (χ1v) is 8.56. The fourth-order valence-electron chi connectivity index (χ4n) is 1.85. The van der Waals surface area contributed by atoms with Crippen molar-refractivity contribution in [1.82, 2.24) is 0 Å². The van der Waals surface area contributed by atoms with Crippen molar-refractivity contribution in [3.8, 4) is 11.5 Å². The number of halogens is 1.